The van der Waals surface area contributed by atoms with Crippen LogP contribution in [0.1, 0.15) is 47.9 Å². The number of ether oxygens (including phenoxy) is 3. The molecule has 2 aliphatic heterocycles. The molecule has 2 aromatic rings. The molecule has 2 aromatic carbocycles. The fourth-order valence-corrected chi connectivity index (χ4v) is 6.35. The van der Waals surface area contributed by atoms with Crippen molar-refractivity contribution in [2.75, 3.05) is 32.3 Å². The Morgan fingerprint density at radius 2 is 1.71 bits per heavy atom. The number of carbonyl (C=O) groups is 2. The van der Waals surface area contributed by atoms with E-state index in [1.807, 2.05) is 13.8 Å². The van der Waals surface area contributed by atoms with Crippen molar-refractivity contribution in [1.82, 2.24) is 4.31 Å². The number of ketones is 1. The van der Waals surface area contributed by atoms with Crippen molar-refractivity contribution >= 4 is 27.4 Å². The first-order valence-electron chi connectivity index (χ1n) is 11.0. The highest BCUT2D eigenvalue weighted by molar-refractivity contribution is 7.89. The average molecular weight is 489 g/mol. The number of rotatable bonds is 6. The molecule has 0 saturated carbocycles. The molecule has 0 aliphatic carbocycles. The topological polar surface area (TPSA) is 111 Å². The Morgan fingerprint density at radius 1 is 1.06 bits per heavy atom. The van der Waals surface area contributed by atoms with E-state index >= 15 is 0 Å². The molecule has 1 N–H and O–H groups in total. The smallest absolute Gasteiger partial charge is 0.255 e. The quantitative estimate of drug-likeness (QED) is 0.619. The van der Waals surface area contributed by atoms with Gasteiger partial charge in [-0.2, -0.15) is 4.31 Å². The van der Waals surface area contributed by atoms with Gasteiger partial charge in [-0.05, 0) is 49.4 Å². The van der Waals surface area contributed by atoms with E-state index in [1.165, 1.54) is 48.7 Å². The summed E-state index contributed by atoms with van der Waals surface area (Å²) in [7, 11) is -2.50. The molecule has 1 fully saturated rings. The van der Waals surface area contributed by atoms with Crippen LogP contribution >= 0.6 is 0 Å². The van der Waals surface area contributed by atoms with Crippen molar-refractivity contribution in [3.8, 4) is 17.2 Å². The number of hydrogen-bond acceptors (Lipinski definition) is 7. The van der Waals surface area contributed by atoms with Gasteiger partial charge in [-0.25, -0.2) is 8.42 Å². The lowest BCUT2D eigenvalue weighted by atomic mass is 9.94. The molecule has 0 radical (unpaired) electrons. The van der Waals surface area contributed by atoms with Crippen LogP contribution in [0.25, 0.3) is 0 Å². The first kappa shape index (κ1) is 24.0. The SMILES string of the molecule is COc1ccc(C(=O)Nc2cc3c(cc2C(C)=O)OCO3)cc1S(=O)(=O)N1C[C@@H](C)C[C@H](C)C1. The number of piperidine rings is 1. The van der Waals surface area contributed by atoms with Crippen molar-refractivity contribution in [3.05, 3.63) is 41.5 Å². The van der Waals surface area contributed by atoms with Gasteiger partial charge in [0, 0.05) is 30.3 Å². The van der Waals surface area contributed by atoms with E-state index in [1.54, 1.807) is 0 Å². The summed E-state index contributed by atoms with van der Waals surface area (Å²) in [6.45, 7) is 6.27. The largest absolute Gasteiger partial charge is 0.495 e. The molecular weight excluding hydrogens is 460 g/mol. The molecule has 0 unspecified atom stereocenters. The van der Waals surface area contributed by atoms with Gasteiger partial charge in [0.25, 0.3) is 5.91 Å². The molecule has 2 aliphatic rings. The summed E-state index contributed by atoms with van der Waals surface area (Å²) in [4.78, 5) is 25.2. The number of anilines is 1. The molecule has 182 valence electrons. The zero-order valence-electron chi connectivity index (χ0n) is 19.6. The molecule has 2 heterocycles. The molecule has 0 bridgehead atoms. The third kappa shape index (κ3) is 4.60. The number of nitrogens with zero attached hydrogens (tertiary/aromatic N) is 1. The summed E-state index contributed by atoms with van der Waals surface area (Å²) < 4.78 is 44.4. The van der Waals surface area contributed by atoms with E-state index in [2.05, 4.69) is 5.32 Å². The second kappa shape index (κ2) is 9.27. The second-order valence-electron chi connectivity index (χ2n) is 8.90. The normalized spacial score (nSPS) is 20.1. The van der Waals surface area contributed by atoms with E-state index in [4.69, 9.17) is 14.2 Å². The van der Waals surface area contributed by atoms with Crippen molar-refractivity contribution in [2.45, 2.75) is 32.1 Å². The van der Waals surface area contributed by atoms with E-state index in [0.29, 0.717) is 24.6 Å². The molecule has 1 saturated heterocycles. The number of sulfonamides is 1. The lowest BCUT2D eigenvalue weighted by molar-refractivity contribution is 0.101. The highest BCUT2D eigenvalue weighted by Crippen LogP contribution is 2.38. The van der Waals surface area contributed by atoms with Crippen LogP contribution in [0.15, 0.2) is 35.2 Å². The van der Waals surface area contributed by atoms with Gasteiger partial charge in [0.2, 0.25) is 16.8 Å². The summed E-state index contributed by atoms with van der Waals surface area (Å²) in [5.74, 6) is 0.618. The fraction of sp³-hybridized carbons (Fsp3) is 0.417. The molecule has 4 rings (SSSR count). The van der Waals surface area contributed by atoms with Crippen LogP contribution in [-0.2, 0) is 10.0 Å². The molecule has 9 nitrogen and oxygen atoms in total. The van der Waals surface area contributed by atoms with Crippen molar-refractivity contribution in [2.24, 2.45) is 11.8 Å². The molecule has 2 atom stereocenters. The summed E-state index contributed by atoms with van der Waals surface area (Å²) in [5, 5.41) is 2.70. The maximum absolute atomic E-state index is 13.5. The van der Waals surface area contributed by atoms with E-state index in [9.17, 15) is 18.0 Å². The fourth-order valence-electron chi connectivity index (χ4n) is 4.49. The monoisotopic (exact) mass is 488 g/mol. The lowest BCUT2D eigenvalue weighted by Gasteiger charge is -2.34. The van der Waals surface area contributed by atoms with Gasteiger partial charge in [-0.3, -0.25) is 9.59 Å². The van der Waals surface area contributed by atoms with Crippen LogP contribution in [-0.4, -0.2) is 51.4 Å². The maximum Gasteiger partial charge on any atom is 0.255 e. The van der Waals surface area contributed by atoms with Gasteiger partial charge in [0.05, 0.1) is 12.8 Å². The average Bonchev–Trinajstić information content (AvgIpc) is 3.24. The number of methoxy groups -OCH3 is 1. The van der Waals surface area contributed by atoms with Gasteiger partial charge in [0.15, 0.2) is 17.3 Å². The summed E-state index contributed by atoms with van der Waals surface area (Å²) in [5.41, 5.74) is 0.626. The molecule has 1 amide bonds. The number of carbonyl (C=O) groups excluding carboxylic acids is 2. The number of fused-ring (bicyclic) bond motifs is 1. The third-order valence-corrected chi connectivity index (χ3v) is 7.87. The molecular formula is C24H28N2O7S. The Labute approximate surface area is 199 Å². The highest BCUT2D eigenvalue weighted by Gasteiger charge is 2.34. The zero-order chi connectivity index (χ0) is 24.6. The Balaban J connectivity index is 1.67. The minimum Gasteiger partial charge on any atom is -0.495 e. The number of benzene rings is 2. The molecule has 10 heteroatoms. The molecule has 34 heavy (non-hydrogen) atoms. The first-order valence-corrected chi connectivity index (χ1v) is 12.5. The van der Waals surface area contributed by atoms with Gasteiger partial charge in [-0.1, -0.05) is 13.8 Å². The van der Waals surface area contributed by atoms with Gasteiger partial charge < -0.3 is 19.5 Å². The van der Waals surface area contributed by atoms with Crippen LogP contribution in [0.3, 0.4) is 0 Å². The Hall–Kier alpha value is -3.11. The second-order valence-corrected chi connectivity index (χ2v) is 10.8. The predicted octanol–water partition coefficient (Wildman–Crippen LogP) is 3.55. The van der Waals surface area contributed by atoms with E-state index < -0.39 is 15.9 Å². The van der Waals surface area contributed by atoms with Gasteiger partial charge in [0.1, 0.15) is 10.6 Å². The van der Waals surface area contributed by atoms with E-state index in [-0.39, 0.29) is 51.9 Å². The Morgan fingerprint density at radius 3 is 2.32 bits per heavy atom. The summed E-state index contributed by atoms with van der Waals surface area (Å²) in [6.07, 6.45) is 0.958. The minimum absolute atomic E-state index is 0.0253. The van der Waals surface area contributed by atoms with Crippen molar-refractivity contribution < 1.29 is 32.2 Å². The number of hydrogen-bond donors (Lipinski definition) is 1. The van der Waals surface area contributed by atoms with Crippen LogP contribution in [0.5, 0.6) is 17.2 Å². The summed E-state index contributed by atoms with van der Waals surface area (Å²) >= 11 is 0. The predicted molar refractivity (Wildman–Crippen MR) is 125 cm³/mol. The van der Waals surface area contributed by atoms with Crippen LogP contribution in [0.2, 0.25) is 0 Å². The van der Waals surface area contributed by atoms with Gasteiger partial charge in [-0.15, -0.1) is 0 Å². The number of nitrogens with one attached hydrogen (secondary N) is 1. The van der Waals surface area contributed by atoms with Crippen molar-refractivity contribution in [1.29, 1.82) is 0 Å². The highest BCUT2D eigenvalue weighted by atomic mass is 32.2. The van der Waals surface area contributed by atoms with Gasteiger partial charge >= 0.3 is 0 Å². The van der Waals surface area contributed by atoms with Crippen LogP contribution in [0.4, 0.5) is 5.69 Å². The molecule has 0 spiro atoms. The van der Waals surface area contributed by atoms with E-state index in [0.717, 1.165) is 6.42 Å². The number of Topliss-reactive ketones (excluding diaryl/α,β-unsaturated/α-hetero) is 1. The lowest BCUT2D eigenvalue weighted by Crippen LogP contribution is -2.42. The minimum atomic E-state index is -3.89. The first-order chi connectivity index (χ1) is 16.1. The van der Waals surface area contributed by atoms with Crippen LogP contribution < -0.4 is 19.5 Å². The standard InChI is InChI=1S/C24H28N2O7S/c1-14-7-15(2)12-26(11-14)34(29,30)23-8-17(5-6-20(23)31-4)24(28)25-19-10-22-21(32-13-33-22)9-18(19)16(3)27/h5-6,8-10,14-15H,7,11-13H2,1-4H3,(H,25,28)/t14-,15-/m0/s1. The van der Waals surface area contributed by atoms with Crippen LogP contribution in [0, 0.1) is 11.8 Å². The Bertz CT molecular complexity index is 1230. The third-order valence-electron chi connectivity index (χ3n) is 6.02. The maximum atomic E-state index is 13.5. The summed E-state index contributed by atoms with van der Waals surface area (Å²) in [6, 6.07) is 7.30. The number of amides is 1. The zero-order valence-corrected chi connectivity index (χ0v) is 20.4. The molecule has 0 aromatic heterocycles. The Kier molecular flexibility index (Phi) is 6.55. The van der Waals surface area contributed by atoms with Crippen molar-refractivity contribution in [3.63, 3.8) is 0 Å².